The third kappa shape index (κ3) is 2.88. The summed E-state index contributed by atoms with van der Waals surface area (Å²) in [5.74, 6) is 0.180. The predicted molar refractivity (Wildman–Crippen MR) is 72.0 cm³/mol. The van der Waals surface area contributed by atoms with Crippen LogP contribution in [0.4, 0.5) is 0 Å². The molecule has 0 aliphatic carbocycles. The van der Waals surface area contributed by atoms with Gasteiger partial charge in [0.05, 0.1) is 17.0 Å². The molecule has 0 saturated carbocycles. The zero-order valence-corrected chi connectivity index (χ0v) is 11.2. The van der Waals surface area contributed by atoms with Crippen molar-refractivity contribution in [3.8, 4) is 0 Å². The molecule has 0 amide bonds. The number of sulfone groups is 1. The van der Waals surface area contributed by atoms with Crippen LogP contribution in [0.25, 0.3) is 10.9 Å². The minimum absolute atomic E-state index is 0.180. The first kappa shape index (κ1) is 13.0. The Morgan fingerprint density at radius 3 is 2.72 bits per heavy atom. The number of hydrogen-bond acceptors (Lipinski definition) is 4. The average molecular weight is 267 g/mol. The van der Waals surface area contributed by atoms with E-state index < -0.39 is 9.84 Å². The van der Waals surface area contributed by atoms with E-state index in [0.29, 0.717) is 19.5 Å². The molecule has 1 heterocycles. The van der Waals surface area contributed by atoms with Crippen LogP contribution in [0.5, 0.6) is 0 Å². The van der Waals surface area contributed by atoms with Crippen molar-refractivity contribution >= 4 is 20.7 Å². The largest absolute Gasteiger partial charge is 0.325 e. The number of para-hydroxylation sites is 1. The Bertz CT molecular complexity index is 646. The molecular formula is C12H17N3O2S. The zero-order chi connectivity index (χ0) is 13.2. The fourth-order valence-corrected chi connectivity index (χ4v) is 2.65. The minimum atomic E-state index is -2.91. The van der Waals surface area contributed by atoms with Crippen molar-refractivity contribution in [2.45, 2.75) is 19.5 Å². The number of hydrogen-bond donors (Lipinski definition) is 1. The summed E-state index contributed by atoms with van der Waals surface area (Å²) in [5.41, 5.74) is 7.51. The zero-order valence-electron chi connectivity index (χ0n) is 10.3. The molecule has 0 bridgehead atoms. The standard InChI is InChI=1S/C12H17N3O2S/c1-18(16,17)8-4-7-15-12-6-3-2-5-10(12)11(9-13)14-15/h2-3,5-6H,4,7-9,13H2,1H3. The van der Waals surface area contributed by atoms with Crippen molar-refractivity contribution in [1.82, 2.24) is 9.78 Å². The van der Waals surface area contributed by atoms with E-state index in [1.807, 2.05) is 28.9 Å². The minimum Gasteiger partial charge on any atom is -0.325 e. The van der Waals surface area contributed by atoms with E-state index in [-0.39, 0.29) is 5.75 Å². The maximum Gasteiger partial charge on any atom is 0.147 e. The predicted octanol–water partition coefficient (Wildman–Crippen LogP) is 0.930. The molecule has 0 radical (unpaired) electrons. The number of rotatable bonds is 5. The highest BCUT2D eigenvalue weighted by atomic mass is 32.2. The Hall–Kier alpha value is -1.40. The van der Waals surface area contributed by atoms with Gasteiger partial charge in [-0.1, -0.05) is 18.2 Å². The van der Waals surface area contributed by atoms with Crippen molar-refractivity contribution in [2.75, 3.05) is 12.0 Å². The van der Waals surface area contributed by atoms with Gasteiger partial charge in [-0.15, -0.1) is 0 Å². The second-order valence-electron chi connectivity index (χ2n) is 4.37. The van der Waals surface area contributed by atoms with Gasteiger partial charge in [-0.3, -0.25) is 4.68 Å². The van der Waals surface area contributed by atoms with Crippen LogP contribution in [0, 0.1) is 0 Å². The third-order valence-corrected chi connectivity index (χ3v) is 3.84. The van der Waals surface area contributed by atoms with Gasteiger partial charge in [-0.05, 0) is 12.5 Å². The monoisotopic (exact) mass is 267 g/mol. The first-order valence-electron chi connectivity index (χ1n) is 5.83. The quantitative estimate of drug-likeness (QED) is 0.874. The van der Waals surface area contributed by atoms with Crippen LogP contribution in [0.2, 0.25) is 0 Å². The lowest BCUT2D eigenvalue weighted by Crippen LogP contribution is -2.09. The third-order valence-electron chi connectivity index (χ3n) is 2.81. The van der Waals surface area contributed by atoms with Crippen LogP contribution >= 0.6 is 0 Å². The molecule has 0 aliphatic rings. The number of aromatic nitrogens is 2. The Morgan fingerprint density at radius 1 is 1.33 bits per heavy atom. The number of benzene rings is 1. The first-order valence-corrected chi connectivity index (χ1v) is 7.89. The van der Waals surface area contributed by atoms with Crippen LogP contribution in [-0.2, 0) is 22.9 Å². The lowest BCUT2D eigenvalue weighted by atomic mass is 10.2. The summed E-state index contributed by atoms with van der Waals surface area (Å²) in [6.07, 6.45) is 1.81. The summed E-state index contributed by atoms with van der Waals surface area (Å²) in [7, 11) is -2.91. The van der Waals surface area contributed by atoms with Crippen molar-refractivity contribution < 1.29 is 8.42 Å². The van der Waals surface area contributed by atoms with Gasteiger partial charge in [0.15, 0.2) is 0 Å². The van der Waals surface area contributed by atoms with Crippen LogP contribution in [0.3, 0.4) is 0 Å². The average Bonchev–Trinajstić information content (AvgIpc) is 2.66. The molecule has 0 fully saturated rings. The molecular weight excluding hydrogens is 250 g/mol. The van der Waals surface area contributed by atoms with Crippen molar-refractivity contribution in [3.05, 3.63) is 30.0 Å². The highest BCUT2D eigenvalue weighted by Crippen LogP contribution is 2.18. The summed E-state index contributed by atoms with van der Waals surface area (Å²) in [5, 5.41) is 5.47. The van der Waals surface area contributed by atoms with Gasteiger partial charge < -0.3 is 5.73 Å². The fraction of sp³-hybridized carbons (Fsp3) is 0.417. The van der Waals surface area contributed by atoms with Gasteiger partial charge in [0.1, 0.15) is 9.84 Å². The van der Waals surface area contributed by atoms with E-state index in [4.69, 9.17) is 5.73 Å². The molecule has 2 N–H and O–H groups in total. The normalized spacial score (nSPS) is 12.1. The van der Waals surface area contributed by atoms with Gasteiger partial charge in [0, 0.05) is 24.7 Å². The maximum absolute atomic E-state index is 11.1. The molecule has 0 saturated heterocycles. The molecule has 0 spiro atoms. The molecule has 0 unspecified atom stereocenters. The van der Waals surface area contributed by atoms with Gasteiger partial charge in [0.2, 0.25) is 0 Å². The number of nitrogens with two attached hydrogens (primary N) is 1. The van der Waals surface area contributed by atoms with Crippen LogP contribution < -0.4 is 5.73 Å². The van der Waals surface area contributed by atoms with Crippen molar-refractivity contribution in [2.24, 2.45) is 5.73 Å². The highest BCUT2D eigenvalue weighted by molar-refractivity contribution is 7.90. The summed E-state index contributed by atoms with van der Waals surface area (Å²) >= 11 is 0. The number of aryl methyl sites for hydroxylation is 1. The van der Waals surface area contributed by atoms with E-state index in [1.165, 1.54) is 6.26 Å². The Labute approximate surface area is 107 Å². The van der Waals surface area contributed by atoms with Crippen molar-refractivity contribution in [1.29, 1.82) is 0 Å². The van der Waals surface area contributed by atoms with Gasteiger partial charge >= 0.3 is 0 Å². The van der Waals surface area contributed by atoms with Crippen LogP contribution in [0.15, 0.2) is 24.3 Å². The lowest BCUT2D eigenvalue weighted by Gasteiger charge is -2.02. The van der Waals surface area contributed by atoms with Gasteiger partial charge in [-0.2, -0.15) is 5.10 Å². The SMILES string of the molecule is CS(=O)(=O)CCCn1nc(CN)c2ccccc21. The second kappa shape index (κ2) is 5.07. The molecule has 18 heavy (non-hydrogen) atoms. The Morgan fingerprint density at radius 2 is 2.06 bits per heavy atom. The molecule has 5 nitrogen and oxygen atoms in total. The summed E-state index contributed by atoms with van der Waals surface area (Å²) in [4.78, 5) is 0. The molecule has 2 rings (SSSR count). The molecule has 0 aliphatic heterocycles. The fourth-order valence-electron chi connectivity index (χ4n) is 1.99. The summed E-state index contributed by atoms with van der Waals surface area (Å²) < 4.78 is 24.0. The van der Waals surface area contributed by atoms with E-state index in [0.717, 1.165) is 16.6 Å². The molecule has 2 aromatic rings. The Kier molecular flexibility index (Phi) is 3.68. The molecule has 1 aromatic carbocycles. The van der Waals surface area contributed by atoms with E-state index in [9.17, 15) is 8.42 Å². The van der Waals surface area contributed by atoms with E-state index >= 15 is 0 Å². The smallest absolute Gasteiger partial charge is 0.147 e. The van der Waals surface area contributed by atoms with E-state index in [1.54, 1.807) is 0 Å². The highest BCUT2D eigenvalue weighted by Gasteiger charge is 2.09. The van der Waals surface area contributed by atoms with Gasteiger partial charge in [0.25, 0.3) is 0 Å². The van der Waals surface area contributed by atoms with E-state index in [2.05, 4.69) is 5.10 Å². The van der Waals surface area contributed by atoms with Crippen LogP contribution in [0.1, 0.15) is 12.1 Å². The summed E-state index contributed by atoms with van der Waals surface area (Å²) in [6, 6.07) is 7.85. The number of nitrogens with zero attached hydrogens (tertiary/aromatic N) is 2. The van der Waals surface area contributed by atoms with Crippen molar-refractivity contribution in [3.63, 3.8) is 0 Å². The Balaban J connectivity index is 2.23. The first-order chi connectivity index (χ1) is 8.51. The van der Waals surface area contributed by atoms with Gasteiger partial charge in [-0.25, -0.2) is 8.42 Å². The maximum atomic E-state index is 11.1. The topological polar surface area (TPSA) is 78.0 Å². The molecule has 6 heteroatoms. The number of fused-ring (bicyclic) bond motifs is 1. The molecule has 98 valence electrons. The summed E-state index contributed by atoms with van der Waals surface area (Å²) in [6.45, 7) is 0.979. The molecule has 1 aromatic heterocycles. The van der Waals surface area contributed by atoms with Crippen LogP contribution in [-0.4, -0.2) is 30.2 Å². The second-order valence-corrected chi connectivity index (χ2v) is 6.63. The molecule has 0 atom stereocenters. The lowest BCUT2D eigenvalue weighted by molar-refractivity contribution is 0.580.